The Labute approximate surface area is 167 Å². The summed E-state index contributed by atoms with van der Waals surface area (Å²) in [6, 6.07) is 32.3. The maximum atomic E-state index is 4.76. The number of aromatic nitrogens is 2. The molecule has 0 aliphatic rings. The minimum absolute atomic E-state index is 0.455. The molecule has 0 saturated carbocycles. The Bertz CT molecular complexity index is 892. The quantitative estimate of drug-likeness (QED) is 0.363. The van der Waals surface area contributed by atoms with Crippen molar-refractivity contribution in [2.75, 3.05) is 0 Å². The zero-order valence-electron chi connectivity index (χ0n) is 16.3. The fraction of sp³-hybridized carbons (Fsp3) is 0.192. The van der Waals surface area contributed by atoms with E-state index in [9.17, 15) is 0 Å². The number of hydrogen-bond acceptors (Lipinski definition) is 1. The highest BCUT2D eigenvalue weighted by Crippen LogP contribution is 2.41. The normalized spacial score (nSPS) is 11.5. The molecule has 1 heterocycles. The molecular formula is C26H26N2. The Morgan fingerprint density at radius 2 is 1.18 bits per heavy atom. The monoisotopic (exact) mass is 366 g/mol. The van der Waals surface area contributed by atoms with Crippen LogP contribution in [0.4, 0.5) is 0 Å². The molecule has 0 radical (unpaired) electrons. The first kappa shape index (κ1) is 18.2. The molecule has 4 rings (SSSR count). The molecule has 2 heteroatoms. The molecule has 0 spiro atoms. The van der Waals surface area contributed by atoms with Crippen molar-refractivity contribution in [1.29, 1.82) is 0 Å². The van der Waals surface area contributed by atoms with Gasteiger partial charge in [0.2, 0.25) is 0 Å². The summed E-state index contributed by atoms with van der Waals surface area (Å²) in [6.07, 6.45) is 7.33. The van der Waals surface area contributed by atoms with Crippen LogP contribution in [0, 0.1) is 0 Å². The lowest BCUT2D eigenvalue weighted by Crippen LogP contribution is -2.38. The minimum Gasteiger partial charge on any atom is -0.316 e. The van der Waals surface area contributed by atoms with Crippen molar-refractivity contribution in [3.63, 3.8) is 0 Å². The van der Waals surface area contributed by atoms with Gasteiger partial charge in [-0.1, -0.05) is 104 Å². The molecule has 0 fully saturated rings. The van der Waals surface area contributed by atoms with Gasteiger partial charge in [-0.2, -0.15) is 0 Å². The van der Waals surface area contributed by atoms with Crippen LogP contribution >= 0.6 is 0 Å². The maximum Gasteiger partial charge on any atom is 0.121 e. The molecule has 1 aromatic heterocycles. The number of hydrogen-bond donors (Lipinski definition) is 0. The average molecular weight is 367 g/mol. The van der Waals surface area contributed by atoms with Crippen molar-refractivity contribution >= 4 is 0 Å². The molecule has 0 atom stereocenters. The smallest absolute Gasteiger partial charge is 0.121 e. The largest absolute Gasteiger partial charge is 0.316 e. The van der Waals surface area contributed by atoms with Crippen molar-refractivity contribution in [2.45, 2.75) is 31.7 Å². The minimum atomic E-state index is -0.455. The van der Waals surface area contributed by atoms with Crippen molar-refractivity contribution < 1.29 is 0 Å². The molecule has 0 amide bonds. The SMILES string of the molecule is CCCCc1nccn1C(c1ccccc1)(c1ccccc1)c1ccccc1. The summed E-state index contributed by atoms with van der Waals surface area (Å²) < 4.78 is 2.38. The Morgan fingerprint density at radius 3 is 1.61 bits per heavy atom. The fourth-order valence-electron chi connectivity index (χ4n) is 4.11. The molecule has 0 N–H and O–H groups in total. The van der Waals surface area contributed by atoms with Crippen LogP contribution in [0.15, 0.2) is 103 Å². The summed E-state index contributed by atoms with van der Waals surface area (Å²) >= 11 is 0. The fourth-order valence-corrected chi connectivity index (χ4v) is 4.11. The van der Waals surface area contributed by atoms with Gasteiger partial charge < -0.3 is 4.57 Å². The van der Waals surface area contributed by atoms with Crippen LogP contribution in [-0.4, -0.2) is 9.55 Å². The highest BCUT2D eigenvalue weighted by atomic mass is 15.1. The maximum absolute atomic E-state index is 4.76. The lowest BCUT2D eigenvalue weighted by molar-refractivity contribution is 0.488. The third-order valence-corrected chi connectivity index (χ3v) is 5.41. The molecule has 0 unspecified atom stereocenters. The van der Waals surface area contributed by atoms with Gasteiger partial charge in [0.15, 0.2) is 0 Å². The summed E-state index contributed by atoms with van der Waals surface area (Å²) in [5.74, 6) is 1.12. The second-order valence-corrected chi connectivity index (χ2v) is 7.13. The third-order valence-electron chi connectivity index (χ3n) is 5.41. The van der Waals surface area contributed by atoms with Crippen LogP contribution in [0.3, 0.4) is 0 Å². The lowest BCUT2D eigenvalue weighted by Gasteiger charge is -2.38. The standard InChI is InChI=1S/C26H26N2/c1-2-3-19-25-27-20-21-28(25)26(22-13-7-4-8-14-22,23-15-9-5-10-16-23)24-17-11-6-12-18-24/h4-18,20-21H,2-3,19H2,1H3. The van der Waals surface area contributed by atoms with Gasteiger partial charge in [-0.3, -0.25) is 0 Å². The summed E-state index contributed by atoms with van der Waals surface area (Å²) in [4.78, 5) is 4.76. The van der Waals surface area contributed by atoms with Crippen LogP contribution in [0.1, 0.15) is 42.3 Å². The number of benzene rings is 3. The Morgan fingerprint density at radius 1 is 0.714 bits per heavy atom. The van der Waals surface area contributed by atoms with Crippen molar-refractivity contribution in [3.05, 3.63) is 126 Å². The molecule has 3 aromatic carbocycles. The van der Waals surface area contributed by atoms with Crippen molar-refractivity contribution in [1.82, 2.24) is 9.55 Å². The van der Waals surface area contributed by atoms with E-state index in [2.05, 4.69) is 109 Å². The molecule has 0 bridgehead atoms. The van der Waals surface area contributed by atoms with Crippen molar-refractivity contribution in [3.8, 4) is 0 Å². The molecule has 140 valence electrons. The molecule has 28 heavy (non-hydrogen) atoms. The van der Waals surface area contributed by atoms with Crippen LogP contribution in [0.5, 0.6) is 0 Å². The third kappa shape index (κ3) is 3.16. The lowest BCUT2D eigenvalue weighted by atomic mass is 9.76. The molecule has 0 saturated heterocycles. The second kappa shape index (κ2) is 8.26. The van der Waals surface area contributed by atoms with E-state index in [0.29, 0.717) is 0 Å². The topological polar surface area (TPSA) is 17.8 Å². The number of nitrogens with zero attached hydrogens (tertiary/aromatic N) is 2. The summed E-state index contributed by atoms with van der Waals surface area (Å²) in [5.41, 5.74) is 3.26. The Kier molecular flexibility index (Phi) is 5.38. The van der Waals surface area contributed by atoms with E-state index in [1.54, 1.807) is 0 Å². The number of aryl methyl sites for hydroxylation is 1. The molecule has 4 aromatic rings. The summed E-state index contributed by atoms with van der Waals surface area (Å²) in [6.45, 7) is 2.23. The van der Waals surface area contributed by atoms with E-state index in [1.165, 1.54) is 16.7 Å². The second-order valence-electron chi connectivity index (χ2n) is 7.13. The van der Waals surface area contributed by atoms with Gasteiger partial charge in [-0.05, 0) is 23.1 Å². The van der Waals surface area contributed by atoms with Crippen LogP contribution < -0.4 is 0 Å². The first-order chi connectivity index (χ1) is 13.9. The van der Waals surface area contributed by atoms with Gasteiger partial charge in [-0.25, -0.2) is 4.98 Å². The highest BCUT2D eigenvalue weighted by Gasteiger charge is 2.39. The molecule has 0 aliphatic heterocycles. The van der Waals surface area contributed by atoms with Crippen molar-refractivity contribution in [2.24, 2.45) is 0 Å². The van der Waals surface area contributed by atoms with Gasteiger partial charge in [0.05, 0.1) is 0 Å². The molecule has 2 nitrogen and oxygen atoms in total. The van der Waals surface area contributed by atoms with E-state index < -0.39 is 5.54 Å². The number of unbranched alkanes of at least 4 members (excludes halogenated alkanes) is 1. The molecular weight excluding hydrogens is 340 g/mol. The van der Waals surface area contributed by atoms with Gasteiger partial charge in [0.25, 0.3) is 0 Å². The zero-order chi connectivity index (χ0) is 19.2. The highest BCUT2D eigenvalue weighted by molar-refractivity contribution is 5.51. The predicted octanol–water partition coefficient (Wildman–Crippen LogP) is 6.07. The van der Waals surface area contributed by atoms with Crippen LogP contribution in [0.2, 0.25) is 0 Å². The first-order valence-electron chi connectivity index (χ1n) is 10.1. The van der Waals surface area contributed by atoms with Crippen LogP contribution in [0.25, 0.3) is 0 Å². The van der Waals surface area contributed by atoms with Crippen LogP contribution in [-0.2, 0) is 12.0 Å². The Hall–Kier alpha value is -3.13. The van der Waals surface area contributed by atoms with Gasteiger partial charge in [0, 0.05) is 18.8 Å². The van der Waals surface area contributed by atoms with Gasteiger partial charge in [-0.15, -0.1) is 0 Å². The van der Waals surface area contributed by atoms with Gasteiger partial charge in [0.1, 0.15) is 11.4 Å². The summed E-state index contributed by atoms with van der Waals surface area (Å²) in [5, 5.41) is 0. The van der Waals surface area contributed by atoms with E-state index in [0.717, 1.165) is 25.1 Å². The van der Waals surface area contributed by atoms with Gasteiger partial charge >= 0.3 is 0 Å². The first-order valence-corrected chi connectivity index (χ1v) is 10.1. The zero-order valence-corrected chi connectivity index (χ0v) is 16.3. The van der Waals surface area contributed by atoms with E-state index in [1.807, 2.05) is 6.20 Å². The summed E-state index contributed by atoms with van der Waals surface area (Å²) in [7, 11) is 0. The van der Waals surface area contributed by atoms with E-state index in [4.69, 9.17) is 4.98 Å². The average Bonchev–Trinajstić information content (AvgIpc) is 3.24. The van der Waals surface area contributed by atoms with E-state index >= 15 is 0 Å². The molecule has 0 aliphatic carbocycles. The number of imidazole rings is 1. The van der Waals surface area contributed by atoms with E-state index in [-0.39, 0.29) is 0 Å². The predicted molar refractivity (Wildman–Crippen MR) is 115 cm³/mol. The number of rotatable bonds is 7. The Balaban J connectivity index is 2.07.